The van der Waals surface area contributed by atoms with E-state index in [9.17, 15) is 4.79 Å². The van der Waals surface area contributed by atoms with E-state index in [4.69, 9.17) is 5.11 Å². The van der Waals surface area contributed by atoms with Crippen LogP contribution in [-0.4, -0.2) is 25.2 Å². The lowest BCUT2D eigenvalue weighted by Gasteiger charge is -2.10. The Balaban J connectivity index is 0. The largest absolute Gasteiger partial charge is 0.481 e. The number of anilines is 1. The van der Waals surface area contributed by atoms with Gasteiger partial charge in [-0.2, -0.15) is 0 Å². The molecule has 176 valence electrons. The average Bonchev–Trinajstić information content (AvgIpc) is 2.72. The molecular weight excluding hydrogens is 394 g/mol. The number of benzene rings is 1. The standard InChI is InChI=1S/C18H36O2.C8H11N.ClH/c1-2-3-4-5-6-7-8-9-10-11-12-13-14-15-16-17-18(19)20;1-9(2)8-6-4-3-5-7-8;/h2-17H2,1H3,(H,19,20);3-7H,1-2H3;1H. The number of carbonyl (C=O) groups is 1. The predicted octanol–water partition coefficient (Wildman–Crippen LogP) is 8.51. The Labute approximate surface area is 193 Å². The Morgan fingerprint density at radius 2 is 1.07 bits per heavy atom. The molecule has 0 aliphatic rings. The maximum Gasteiger partial charge on any atom is 0.303 e. The molecule has 1 aromatic rings. The van der Waals surface area contributed by atoms with E-state index < -0.39 is 5.97 Å². The summed E-state index contributed by atoms with van der Waals surface area (Å²) in [6, 6.07) is 10.3. The molecule has 0 fully saturated rings. The fourth-order valence-electron chi connectivity index (χ4n) is 3.37. The van der Waals surface area contributed by atoms with Gasteiger partial charge < -0.3 is 10.0 Å². The first-order valence-corrected chi connectivity index (χ1v) is 12.0. The summed E-state index contributed by atoms with van der Waals surface area (Å²) in [5, 5.41) is 8.52. The van der Waals surface area contributed by atoms with E-state index in [1.807, 2.05) is 32.3 Å². The molecule has 0 atom stereocenters. The van der Waals surface area contributed by atoms with E-state index in [1.165, 1.54) is 89.2 Å². The van der Waals surface area contributed by atoms with Gasteiger partial charge in [0.15, 0.2) is 0 Å². The molecule has 0 amide bonds. The van der Waals surface area contributed by atoms with Gasteiger partial charge in [0.1, 0.15) is 0 Å². The van der Waals surface area contributed by atoms with Crippen LogP contribution in [0.15, 0.2) is 30.3 Å². The molecule has 0 unspecified atom stereocenters. The van der Waals surface area contributed by atoms with E-state index in [2.05, 4.69) is 24.0 Å². The second-order valence-electron chi connectivity index (χ2n) is 8.32. The third-order valence-electron chi connectivity index (χ3n) is 5.27. The second kappa shape index (κ2) is 24.1. The maximum atomic E-state index is 10.3. The fraction of sp³-hybridized carbons (Fsp3) is 0.731. The molecule has 0 saturated heterocycles. The SMILES string of the molecule is CCCCCCCCCCCCCCCCCC(=O)O.CN(C)c1ccccc1.Cl. The molecule has 0 spiro atoms. The lowest BCUT2D eigenvalue weighted by molar-refractivity contribution is -0.137. The summed E-state index contributed by atoms with van der Waals surface area (Å²) < 4.78 is 0. The smallest absolute Gasteiger partial charge is 0.303 e. The molecule has 0 heterocycles. The molecule has 0 radical (unpaired) electrons. The molecule has 1 aromatic carbocycles. The van der Waals surface area contributed by atoms with Crippen LogP contribution in [0.25, 0.3) is 0 Å². The van der Waals surface area contributed by atoms with E-state index in [0.717, 1.165) is 12.8 Å². The average molecular weight is 442 g/mol. The summed E-state index contributed by atoms with van der Waals surface area (Å²) in [6.45, 7) is 2.27. The highest BCUT2D eigenvalue weighted by Crippen LogP contribution is 2.13. The molecule has 30 heavy (non-hydrogen) atoms. The van der Waals surface area contributed by atoms with Crippen molar-refractivity contribution in [3.05, 3.63) is 30.3 Å². The fourth-order valence-corrected chi connectivity index (χ4v) is 3.37. The van der Waals surface area contributed by atoms with Crippen LogP contribution in [0.1, 0.15) is 110 Å². The Hall–Kier alpha value is -1.22. The summed E-state index contributed by atoms with van der Waals surface area (Å²) in [7, 11) is 4.07. The number of hydrogen-bond acceptors (Lipinski definition) is 2. The van der Waals surface area contributed by atoms with Crippen molar-refractivity contribution in [3.8, 4) is 0 Å². The molecule has 1 rings (SSSR count). The molecular formula is C26H48ClNO2. The number of aliphatic carboxylic acids is 1. The Kier molecular flexibility index (Phi) is 24.8. The molecule has 4 heteroatoms. The van der Waals surface area contributed by atoms with Crippen LogP contribution < -0.4 is 4.90 Å². The predicted molar refractivity (Wildman–Crippen MR) is 135 cm³/mol. The lowest BCUT2D eigenvalue weighted by atomic mass is 10.0. The van der Waals surface area contributed by atoms with E-state index >= 15 is 0 Å². The van der Waals surface area contributed by atoms with Crippen molar-refractivity contribution in [2.45, 2.75) is 110 Å². The normalized spacial score (nSPS) is 9.97. The van der Waals surface area contributed by atoms with Crippen LogP contribution in [0.2, 0.25) is 0 Å². The van der Waals surface area contributed by atoms with Crippen molar-refractivity contribution in [2.75, 3.05) is 19.0 Å². The Morgan fingerprint density at radius 1 is 0.700 bits per heavy atom. The van der Waals surface area contributed by atoms with Crippen LogP contribution in [0.3, 0.4) is 0 Å². The Morgan fingerprint density at radius 3 is 1.37 bits per heavy atom. The number of carboxylic acids is 1. The minimum Gasteiger partial charge on any atom is -0.481 e. The maximum absolute atomic E-state index is 10.3. The molecule has 0 aliphatic carbocycles. The zero-order chi connectivity index (χ0) is 21.6. The number of nitrogens with zero attached hydrogens (tertiary/aromatic N) is 1. The van der Waals surface area contributed by atoms with Crippen LogP contribution in [-0.2, 0) is 4.79 Å². The van der Waals surface area contributed by atoms with Gasteiger partial charge in [0.2, 0.25) is 0 Å². The van der Waals surface area contributed by atoms with Gasteiger partial charge in [0.25, 0.3) is 0 Å². The summed E-state index contributed by atoms with van der Waals surface area (Å²) in [5.41, 5.74) is 1.25. The van der Waals surface area contributed by atoms with Crippen LogP contribution in [0.5, 0.6) is 0 Å². The van der Waals surface area contributed by atoms with E-state index in [1.54, 1.807) is 0 Å². The van der Waals surface area contributed by atoms with Crippen LogP contribution in [0, 0.1) is 0 Å². The number of rotatable bonds is 17. The first-order valence-electron chi connectivity index (χ1n) is 12.0. The van der Waals surface area contributed by atoms with Crippen LogP contribution >= 0.6 is 12.4 Å². The first-order chi connectivity index (χ1) is 14.1. The van der Waals surface area contributed by atoms with Gasteiger partial charge in [-0.05, 0) is 18.6 Å². The number of hydrogen-bond donors (Lipinski definition) is 1. The monoisotopic (exact) mass is 441 g/mol. The first kappa shape index (κ1) is 31.0. The number of carboxylic acid groups (broad SMARTS) is 1. The third-order valence-corrected chi connectivity index (χ3v) is 5.27. The minimum atomic E-state index is -0.653. The number of para-hydroxylation sites is 1. The lowest BCUT2D eigenvalue weighted by Crippen LogP contribution is -2.07. The second-order valence-corrected chi connectivity index (χ2v) is 8.32. The van der Waals surface area contributed by atoms with Gasteiger partial charge in [0.05, 0.1) is 0 Å². The molecule has 0 saturated carbocycles. The highest BCUT2D eigenvalue weighted by atomic mass is 35.5. The zero-order valence-electron chi connectivity index (χ0n) is 19.9. The van der Waals surface area contributed by atoms with Crippen molar-refractivity contribution < 1.29 is 9.90 Å². The summed E-state index contributed by atoms with van der Waals surface area (Å²) >= 11 is 0. The highest BCUT2D eigenvalue weighted by Gasteiger charge is 1.97. The summed E-state index contributed by atoms with van der Waals surface area (Å²) in [5.74, 6) is -0.653. The van der Waals surface area contributed by atoms with Crippen molar-refractivity contribution in [1.29, 1.82) is 0 Å². The van der Waals surface area contributed by atoms with Gasteiger partial charge in [-0.1, -0.05) is 115 Å². The van der Waals surface area contributed by atoms with Gasteiger partial charge in [0, 0.05) is 26.2 Å². The molecule has 1 N–H and O–H groups in total. The zero-order valence-corrected chi connectivity index (χ0v) is 20.7. The summed E-state index contributed by atoms with van der Waals surface area (Å²) in [6.07, 6.45) is 20.2. The quantitative estimate of drug-likeness (QED) is 0.246. The molecule has 0 aliphatic heterocycles. The van der Waals surface area contributed by atoms with Crippen molar-refractivity contribution in [3.63, 3.8) is 0 Å². The Bertz CT molecular complexity index is 465. The van der Waals surface area contributed by atoms with Crippen molar-refractivity contribution in [2.24, 2.45) is 0 Å². The van der Waals surface area contributed by atoms with Crippen molar-refractivity contribution in [1.82, 2.24) is 0 Å². The van der Waals surface area contributed by atoms with E-state index in [-0.39, 0.29) is 12.4 Å². The highest BCUT2D eigenvalue weighted by molar-refractivity contribution is 5.85. The summed E-state index contributed by atoms with van der Waals surface area (Å²) in [4.78, 5) is 12.4. The van der Waals surface area contributed by atoms with Gasteiger partial charge in [-0.3, -0.25) is 4.79 Å². The van der Waals surface area contributed by atoms with Gasteiger partial charge in [-0.25, -0.2) is 0 Å². The van der Waals surface area contributed by atoms with E-state index in [0.29, 0.717) is 6.42 Å². The molecule has 0 bridgehead atoms. The topological polar surface area (TPSA) is 40.5 Å². The van der Waals surface area contributed by atoms with Crippen LogP contribution in [0.4, 0.5) is 5.69 Å². The third kappa shape index (κ3) is 23.1. The number of unbranched alkanes of at least 4 members (excludes halogenated alkanes) is 14. The molecule has 0 aromatic heterocycles. The van der Waals surface area contributed by atoms with Gasteiger partial charge >= 0.3 is 5.97 Å². The van der Waals surface area contributed by atoms with Gasteiger partial charge in [-0.15, -0.1) is 12.4 Å². The molecule has 3 nitrogen and oxygen atoms in total. The minimum absolute atomic E-state index is 0. The van der Waals surface area contributed by atoms with Crippen molar-refractivity contribution >= 4 is 24.1 Å². The number of halogens is 1.